The molecule has 4 rings (SSSR count). The lowest BCUT2D eigenvalue weighted by Gasteiger charge is -2.18. The molecule has 2 saturated heterocycles. The third-order valence-electron chi connectivity index (χ3n) is 4.44. The highest BCUT2D eigenvalue weighted by Gasteiger charge is 2.47. The summed E-state index contributed by atoms with van der Waals surface area (Å²) in [5.74, 6) is -0.236. The van der Waals surface area contributed by atoms with Crippen molar-refractivity contribution in [2.75, 3.05) is 18.9 Å². The quantitative estimate of drug-likeness (QED) is 0.717. The molecule has 0 spiro atoms. The zero-order chi connectivity index (χ0) is 17.4. The van der Waals surface area contributed by atoms with Gasteiger partial charge in [0.25, 0.3) is 5.91 Å². The van der Waals surface area contributed by atoms with E-state index in [2.05, 4.69) is 15.3 Å². The Morgan fingerprint density at radius 2 is 1.96 bits per heavy atom. The number of amides is 1. The summed E-state index contributed by atoms with van der Waals surface area (Å²) >= 11 is 0. The standard InChI is InChI=1S/C17H18N4O4/c18-17-19-6-10(13(21-17)9-4-2-1-3-5-9)16(23)20-11-7-24-15-12(22)8-25-14(11)15/h1-6,11-12,14-15,22H,7-8H2,(H,20,23)(H2,18,19,21)/t11-,12-,14-,15-/m1/s1. The van der Waals surface area contributed by atoms with E-state index in [0.29, 0.717) is 11.3 Å². The molecule has 130 valence electrons. The predicted octanol–water partition coefficient (Wildman–Crippen LogP) is -0.0173. The number of carbonyl (C=O) groups is 1. The topological polar surface area (TPSA) is 120 Å². The van der Waals surface area contributed by atoms with Gasteiger partial charge in [-0.2, -0.15) is 0 Å². The van der Waals surface area contributed by atoms with Gasteiger partial charge in [-0.05, 0) is 0 Å². The van der Waals surface area contributed by atoms with Crippen molar-refractivity contribution in [2.24, 2.45) is 0 Å². The number of benzene rings is 1. The Bertz CT molecular complexity index is 785. The number of aliphatic hydroxyl groups is 1. The number of nitrogens with zero attached hydrogens (tertiary/aromatic N) is 2. The molecule has 1 amide bonds. The number of hydrogen-bond acceptors (Lipinski definition) is 7. The molecule has 0 radical (unpaired) electrons. The lowest BCUT2D eigenvalue weighted by Crippen LogP contribution is -2.44. The first kappa shape index (κ1) is 15.9. The van der Waals surface area contributed by atoms with E-state index in [1.54, 1.807) is 0 Å². The maximum absolute atomic E-state index is 12.8. The van der Waals surface area contributed by atoms with Gasteiger partial charge in [0.05, 0.1) is 30.5 Å². The molecule has 25 heavy (non-hydrogen) atoms. The summed E-state index contributed by atoms with van der Waals surface area (Å²) in [6.07, 6.45) is -0.000462. The van der Waals surface area contributed by atoms with E-state index < -0.39 is 12.2 Å². The molecule has 3 heterocycles. The summed E-state index contributed by atoms with van der Waals surface area (Å²) in [6, 6.07) is 8.97. The van der Waals surface area contributed by atoms with Crippen molar-refractivity contribution in [3.05, 3.63) is 42.1 Å². The van der Waals surface area contributed by atoms with Crippen LogP contribution in [0.5, 0.6) is 0 Å². The van der Waals surface area contributed by atoms with E-state index >= 15 is 0 Å². The smallest absolute Gasteiger partial charge is 0.255 e. The first-order valence-electron chi connectivity index (χ1n) is 8.03. The monoisotopic (exact) mass is 342 g/mol. The minimum Gasteiger partial charge on any atom is -0.388 e. The van der Waals surface area contributed by atoms with E-state index in [-0.39, 0.29) is 37.2 Å². The molecule has 2 fully saturated rings. The molecule has 2 aromatic rings. The second-order valence-electron chi connectivity index (χ2n) is 6.10. The van der Waals surface area contributed by atoms with E-state index in [1.807, 2.05) is 30.3 Å². The van der Waals surface area contributed by atoms with Gasteiger partial charge in [0.15, 0.2) is 0 Å². The first-order chi connectivity index (χ1) is 12.1. The number of hydrogen-bond donors (Lipinski definition) is 3. The molecule has 1 aromatic carbocycles. The van der Waals surface area contributed by atoms with Crippen molar-refractivity contribution >= 4 is 11.9 Å². The van der Waals surface area contributed by atoms with Crippen LogP contribution in [0.3, 0.4) is 0 Å². The number of nitrogens with one attached hydrogen (secondary N) is 1. The molecule has 8 heteroatoms. The number of fused-ring (bicyclic) bond motifs is 1. The highest BCUT2D eigenvalue weighted by Crippen LogP contribution is 2.28. The minimum atomic E-state index is -0.661. The summed E-state index contributed by atoms with van der Waals surface area (Å²) < 4.78 is 11.1. The van der Waals surface area contributed by atoms with Crippen molar-refractivity contribution in [1.82, 2.24) is 15.3 Å². The van der Waals surface area contributed by atoms with E-state index in [4.69, 9.17) is 15.2 Å². The summed E-state index contributed by atoms with van der Waals surface area (Å²) in [7, 11) is 0. The number of anilines is 1. The summed E-state index contributed by atoms with van der Waals surface area (Å²) in [5.41, 5.74) is 7.25. The third-order valence-corrected chi connectivity index (χ3v) is 4.44. The second-order valence-corrected chi connectivity index (χ2v) is 6.10. The van der Waals surface area contributed by atoms with Gasteiger partial charge in [0.2, 0.25) is 5.95 Å². The predicted molar refractivity (Wildman–Crippen MR) is 88.6 cm³/mol. The fourth-order valence-electron chi connectivity index (χ4n) is 3.23. The third kappa shape index (κ3) is 2.95. The average molecular weight is 342 g/mol. The second kappa shape index (κ2) is 6.40. The molecule has 0 saturated carbocycles. The lowest BCUT2D eigenvalue weighted by molar-refractivity contribution is 0.0178. The average Bonchev–Trinajstić information content (AvgIpc) is 3.19. The fourth-order valence-corrected chi connectivity index (χ4v) is 3.23. The normalized spacial score (nSPS) is 27.9. The van der Waals surface area contributed by atoms with Gasteiger partial charge in [-0.15, -0.1) is 0 Å². The minimum absolute atomic E-state index is 0.0990. The van der Waals surface area contributed by atoms with Crippen LogP contribution in [0.2, 0.25) is 0 Å². The number of nitrogen functional groups attached to an aromatic ring is 1. The van der Waals surface area contributed by atoms with Crippen molar-refractivity contribution in [3.63, 3.8) is 0 Å². The Balaban J connectivity index is 1.59. The van der Waals surface area contributed by atoms with Crippen LogP contribution in [0.25, 0.3) is 11.3 Å². The highest BCUT2D eigenvalue weighted by molar-refractivity contribution is 6.00. The SMILES string of the molecule is Nc1ncc(C(=O)N[C@@H]2CO[C@H]3[C@@H]2OC[C@H]3O)c(-c2ccccc2)n1. The Morgan fingerprint density at radius 1 is 1.20 bits per heavy atom. The summed E-state index contributed by atoms with van der Waals surface area (Å²) in [4.78, 5) is 20.9. The Hall–Kier alpha value is -2.55. The maximum Gasteiger partial charge on any atom is 0.255 e. The van der Waals surface area contributed by atoms with E-state index in [9.17, 15) is 9.90 Å². The van der Waals surface area contributed by atoms with Crippen LogP contribution in [-0.2, 0) is 9.47 Å². The Labute approximate surface area is 144 Å². The number of nitrogens with two attached hydrogens (primary N) is 1. The van der Waals surface area contributed by atoms with E-state index in [0.717, 1.165) is 5.56 Å². The largest absolute Gasteiger partial charge is 0.388 e. The zero-order valence-corrected chi connectivity index (χ0v) is 13.3. The Kier molecular flexibility index (Phi) is 4.08. The van der Waals surface area contributed by atoms with Gasteiger partial charge in [0.1, 0.15) is 18.3 Å². The highest BCUT2D eigenvalue weighted by atomic mass is 16.6. The van der Waals surface area contributed by atoms with Gasteiger partial charge < -0.3 is 25.6 Å². The molecule has 0 aliphatic carbocycles. The van der Waals surface area contributed by atoms with Crippen molar-refractivity contribution < 1.29 is 19.4 Å². The Morgan fingerprint density at radius 3 is 2.76 bits per heavy atom. The molecule has 2 aliphatic heterocycles. The zero-order valence-electron chi connectivity index (χ0n) is 13.3. The summed E-state index contributed by atoms with van der Waals surface area (Å²) in [6.45, 7) is 0.497. The molecule has 8 nitrogen and oxygen atoms in total. The molecular weight excluding hydrogens is 324 g/mol. The van der Waals surface area contributed by atoms with E-state index in [1.165, 1.54) is 6.20 Å². The van der Waals surface area contributed by atoms with Gasteiger partial charge in [0, 0.05) is 11.8 Å². The number of aromatic nitrogens is 2. The van der Waals surface area contributed by atoms with Crippen LogP contribution >= 0.6 is 0 Å². The van der Waals surface area contributed by atoms with Crippen molar-refractivity contribution in [2.45, 2.75) is 24.4 Å². The lowest BCUT2D eigenvalue weighted by atomic mass is 10.0. The molecular formula is C17H18N4O4. The van der Waals surface area contributed by atoms with Crippen molar-refractivity contribution in [1.29, 1.82) is 0 Å². The van der Waals surface area contributed by atoms with Crippen LogP contribution in [0, 0.1) is 0 Å². The van der Waals surface area contributed by atoms with Gasteiger partial charge in [-0.25, -0.2) is 9.97 Å². The first-order valence-corrected chi connectivity index (χ1v) is 8.03. The molecule has 0 bridgehead atoms. The summed E-state index contributed by atoms with van der Waals surface area (Å²) in [5, 5.41) is 12.7. The number of aliphatic hydroxyl groups excluding tert-OH is 1. The van der Waals surface area contributed by atoms with Crippen molar-refractivity contribution in [3.8, 4) is 11.3 Å². The molecule has 0 unspecified atom stereocenters. The number of ether oxygens (including phenoxy) is 2. The molecule has 1 aromatic heterocycles. The fraction of sp³-hybridized carbons (Fsp3) is 0.353. The molecule has 4 atom stereocenters. The number of rotatable bonds is 3. The molecule has 4 N–H and O–H groups in total. The van der Waals surface area contributed by atoms with Gasteiger partial charge >= 0.3 is 0 Å². The molecule has 2 aliphatic rings. The van der Waals surface area contributed by atoms with Crippen LogP contribution in [0.15, 0.2) is 36.5 Å². The van der Waals surface area contributed by atoms with Crippen LogP contribution in [0.1, 0.15) is 10.4 Å². The van der Waals surface area contributed by atoms with Gasteiger partial charge in [-0.1, -0.05) is 30.3 Å². The van der Waals surface area contributed by atoms with Gasteiger partial charge in [-0.3, -0.25) is 4.79 Å². The van der Waals surface area contributed by atoms with Crippen LogP contribution < -0.4 is 11.1 Å². The maximum atomic E-state index is 12.8. The number of carbonyl (C=O) groups excluding carboxylic acids is 1. The van der Waals surface area contributed by atoms with Crippen LogP contribution in [-0.4, -0.2) is 58.5 Å². The van der Waals surface area contributed by atoms with Crippen LogP contribution in [0.4, 0.5) is 5.95 Å².